The molecule has 3 atom stereocenters. The molecule has 0 saturated heterocycles. The Morgan fingerprint density at radius 3 is 1.25 bits per heavy atom. The second-order valence-electron chi connectivity index (χ2n) is 13.0. The molecule has 0 aromatic heterocycles. The van der Waals surface area contributed by atoms with Gasteiger partial charge in [-0.1, -0.05) is 199 Å². The lowest BCUT2D eigenvalue weighted by Crippen LogP contribution is -2.26. The first-order chi connectivity index (χ1) is 29.5. The molecule has 0 bridgehead atoms. The van der Waals surface area contributed by atoms with Crippen molar-refractivity contribution < 1.29 is 38.5 Å². The quantitative estimate of drug-likeness (QED) is 0.0244. The van der Waals surface area contributed by atoms with Crippen LogP contribution in [-0.4, -0.2) is 85.1 Å². The molecule has 0 aromatic carbocycles. The second kappa shape index (κ2) is 74.5. The van der Waals surface area contributed by atoms with Gasteiger partial charge in [0.05, 0.1) is 12.0 Å². The van der Waals surface area contributed by atoms with Crippen molar-refractivity contribution in [2.75, 3.05) is 44.1 Å². The molecule has 0 heterocycles. The third kappa shape index (κ3) is 84.2. The van der Waals surface area contributed by atoms with Gasteiger partial charge in [0.1, 0.15) is 12.1 Å². The predicted molar refractivity (Wildman–Crippen MR) is 285 cm³/mol. The lowest BCUT2D eigenvalue weighted by Gasteiger charge is -2.10. The number of aliphatic carboxylic acids is 1. The molecular formula is C44H94FN2O7PS6. The first-order valence-electron chi connectivity index (χ1n) is 22.4. The molecule has 0 saturated carbocycles. The molecular weight excluding hydrogens is 911 g/mol. The smallest absolute Gasteiger partial charge is 0.348 e. The summed E-state index contributed by atoms with van der Waals surface area (Å²) in [5.41, 5.74) is 0. The van der Waals surface area contributed by atoms with Gasteiger partial charge in [0.15, 0.2) is 0 Å². The van der Waals surface area contributed by atoms with E-state index in [-0.39, 0.29) is 24.8 Å². The molecule has 1 amide bonds. The van der Waals surface area contributed by atoms with Crippen LogP contribution in [0, 0.1) is 5.92 Å². The Hall–Kier alpha value is 0.170. The highest BCUT2D eigenvalue weighted by molar-refractivity contribution is 8.76. The number of carbonyl (C=O) groups excluding carboxylic acids is 4. The van der Waals surface area contributed by atoms with E-state index in [1.807, 2.05) is 27.7 Å². The number of carboxylic acids is 1. The van der Waals surface area contributed by atoms with E-state index in [1.54, 1.807) is 78.6 Å². The minimum Gasteiger partial charge on any atom is -0.481 e. The van der Waals surface area contributed by atoms with E-state index in [2.05, 4.69) is 62.3 Å². The van der Waals surface area contributed by atoms with Crippen molar-refractivity contribution in [1.82, 2.24) is 10.4 Å². The fraction of sp³-hybridized carbons (Fsp3) is 0.886. The minimum atomic E-state index is -0.842. The molecule has 17 heteroatoms. The lowest BCUT2D eigenvalue weighted by molar-refractivity contribution is -0.183. The number of ketones is 1. The number of rotatable bonds is 34. The molecule has 61 heavy (non-hydrogen) atoms. The van der Waals surface area contributed by atoms with Crippen LogP contribution >= 0.6 is 74.2 Å². The highest BCUT2D eigenvalue weighted by atomic mass is 33.1. The number of halogens is 1. The summed E-state index contributed by atoms with van der Waals surface area (Å²) in [5, 5.41) is 14.4. The number of amides is 1. The molecule has 0 aliphatic heterocycles. The van der Waals surface area contributed by atoms with Crippen LogP contribution < -0.4 is 10.4 Å². The summed E-state index contributed by atoms with van der Waals surface area (Å²) < 4.78 is 11.5. The molecule has 0 aliphatic carbocycles. The fourth-order valence-corrected chi connectivity index (χ4v) is 5.21. The van der Waals surface area contributed by atoms with Crippen molar-refractivity contribution in [3.05, 3.63) is 0 Å². The van der Waals surface area contributed by atoms with Crippen LogP contribution in [0.5, 0.6) is 0 Å². The maximum atomic E-state index is 11.5. The highest BCUT2D eigenvalue weighted by Gasteiger charge is 2.16. The Bertz CT molecular complexity index is 864. The highest BCUT2D eigenvalue weighted by Crippen LogP contribution is 2.15. The fourth-order valence-electron chi connectivity index (χ4n) is 4.96. The van der Waals surface area contributed by atoms with Crippen LogP contribution in [0.2, 0.25) is 0 Å². The second-order valence-corrected chi connectivity index (χ2v) is 21.4. The van der Waals surface area contributed by atoms with Crippen LogP contribution in [-0.2, 0) is 28.9 Å². The number of carboxylic acid groups (broad SMARTS) is 1. The van der Waals surface area contributed by atoms with E-state index < -0.39 is 17.9 Å². The molecule has 0 radical (unpaired) electrons. The summed E-state index contributed by atoms with van der Waals surface area (Å²) >= 11 is 0. The third-order valence-corrected chi connectivity index (χ3v) is 12.9. The third-order valence-electron chi connectivity index (χ3n) is 8.45. The first kappa shape index (κ1) is 75.5. The van der Waals surface area contributed by atoms with E-state index in [4.69, 9.17) is 5.11 Å². The van der Waals surface area contributed by atoms with Gasteiger partial charge in [-0.05, 0) is 89.4 Å². The van der Waals surface area contributed by atoms with E-state index in [1.165, 1.54) is 77.0 Å². The standard InChI is InChI=1S/C21H39FO3.C13H25N2O4P.3C2H6S2.2C2H6/c1-20(23)18-16-14-12-10-8-6-4-2-3-5-7-9-11-13-15-17-19-21(24)25-22;1-2-10(13(18)19)6-7-12(17)14-8-4-3-5-11(9-16)15-20;3*1-3-4-2;2*1-2/h2-19H2,1H3;9-11,15H,2-8,20H2,1H3,(H,14,17)(H,18,19);3*1-2H3;2*1-2H3/t;10-,11?;;;;;/m.0...../s1. The molecule has 2 unspecified atom stereocenters. The molecule has 0 aliphatic rings. The number of Topliss-reactive ketones (excluding diaryl/α,β-unsaturated/α-hetero) is 1. The summed E-state index contributed by atoms with van der Waals surface area (Å²) in [4.78, 5) is 57.4. The summed E-state index contributed by atoms with van der Waals surface area (Å²) in [7, 11) is 13.0. The Kier molecular flexibility index (Phi) is 92.2. The number of nitrogens with one attached hydrogen (secondary N) is 2. The molecule has 0 aromatic rings. The van der Waals surface area contributed by atoms with Crippen LogP contribution in [0.4, 0.5) is 4.53 Å². The van der Waals surface area contributed by atoms with Crippen molar-refractivity contribution >= 4 is 104 Å². The van der Waals surface area contributed by atoms with Crippen molar-refractivity contribution in [1.29, 1.82) is 0 Å². The zero-order valence-electron chi connectivity index (χ0n) is 40.7. The van der Waals surface area contributed by atoms with Crippen LogP contribution in [0.3, 0.4) is 0 Å². The van der Waals surface area contributed by atoms with Crippen molar-refractivity contribution in [2.45, 2.75) is 202 Å². The largest absolute Gasteiger partial charge is 0.481 e. The van der Waals surface area contributed by atoms with Crippen LogP contribution in [0.15, 0.2) is 0 Å². The normalized spacial score (nSPS) is 10.5. The molecule has 370 valence electrons. The first-order valence-corrected chi connectivity index (χ1v) is 31.9. The molecule has 0 rings (SSSR count). The average molecular weight is 1010 g/mol. The van der Waals surface area contributed by atoms with Gasteiger partial charge in [0.25, 0.3) is 0 Å². The summed E-state index contributed by atoms with van der Waals surface area (Å²) in [6.07, 6.45) is 37.4. The summed E-state index contributed by atoms with van der Waals surface area (Å²) in [6.45, 7) is 12.0. The number of hydrogen-bond acceptors (Lipinski definition) is 13. The lowest BCUT2D eigenvalue weighted by atomic mass is 10.0. The number of hydrogen-bond donors (Lipinski definition) is 3. The van der Waals surface area contributed by atoms with Crippen molar-refractivity contribution in [2.24, 2.45) is 5.92 Å². The molecule has 9 nitrogen and oxygen atoms in total. The molecule has 3 N–H and O–H groups in total. The van der Waals surface area contributed by atoms with E-state index >= 15 is 0 Å². The Labute approximate surface area is 402 Å². The topological polar surface area (TPSA) is 139 Å². The van der Waals surface area contributed by atoms with Gasteiger partial charge in [-0.25, -0.2) is 4.79 Å². The van der Waals surface area contributed by atoms with Crippen molar-refractivity contribution in [3.8, 4) is 0 Å². The summed E-state index contributed by atoms with van der Waals surface area (Å²) in [5.74, 6) is -1.82. The zero-order chi connectivity index (χ0) is 48.2. The Balaban J connectivity index is -0.000000143. The van der Waals surface area contributed by atoms with E-state index in [9.17, 15) is 28.5 Å². The predicted octanol–water partition coefficient (Wildman–Crippen LogP) is 15.1. The monoisotopic (exact) mass is 1000 g/mol. The number of carbonyl (C=O) groups is 5. The molecule has 0 fully saturated rings. The zero-order valence-corrected chi connectivity index (χ0v) is 46.8. The van der Waals surface area contributed by atoms with Gasteiger partial charge in [0, 0.05) is 30.3 Å². The van der Waals surface area contributed by atoms with Gasteiger partial charge in [-0.15, -0.1) is 0 Å². The maximum absolute atomic E-state index is 11.5. The van der Waals surface area contributed by atoms with Gasteiger partial charge in [-0.3, -0.25) is 19.6 Å². The van der Waals surface area contributed by atoms with Crippen molar-refractivity contribution in [3.63, 3.8) is 0 Å². The Morgan fingerprint density at radius 1 is 0.607 bits per heavy atom. The summed E-state index contributed by atoms with van der Waals surface area (Å²) in [6, 6.07) is -0.156. The van der Waals surface area contributed by atoms with Gasteiger partial charge in [0.2, 0.25) is 5.91 Å². The van der Waals surface area contributed by atoms with Gasteiger partial charge in [-0.2, -0.15) is 0 Å². The van der Waals surface area contributed by atoms with E-state index in [0.717, 1.165) is 57.7 Å². The number of aldehydes is 1. The van der Waals surface area contributed by atoms with Gasteiger partial charge < -0.3 is 20.0 Å². The number of unbranched alkanes of at least 4 members (excludes halogenated alkanes) is 16. The minimum absolute atomic E-state index is 0.110. The SMILES string of the molecule is CC.CC.CC(=O)CCCCCCCCCCCCCCCCCCC(=O)OF.CC[C@@H](CCC(=O)NCCCCC(C=O)NP)C(=O)O.CSSC.CSSC.CSSC. The van der Waals surface area contributed by atoms with Crippen LogP contribution in [0.1, 0.15) is 196 Å². The maximum Gasteiger partial charge on any atom is 0.348 e. The average Bonchev–Trinajstić information content (AvgIpc) is 3.28. The molecule has 0 spiro atoms. The van der Waals surface area contributed by atoms with Crippen LogP contribution in [0.25, 0.3) is 0 Å². The Morgan fingerprint density at radius 2 is 0.967 bits per heavy atom. The van der Waals surface area contributed by atoms with E-state index in [0.29, 0.717) is 25.2 Å². The van der Waals surface area contributed by atoms with Gasteiger partial charge >= 0.3 is 11.9 Å².